The van der Waals surface area contributed by atoms with Crippen molar-refractivity contribution in [3.63, 3.8) is 0 Å². The van der Waals surface area contributed by atoms with Crippen LogP contribution in [0.4, 0.5) is 0 Å². The molecule has 5 nitrogen and oxygen atoms in total. The quantitative estimate of drug-likeness (QED) is 0.762. The maximum absolute atomic E-state index is 12.5. The second-order valence-electron chi connectivity index (χ2n) is 7.40. The fourth-order valence-electron chi connectivity index (χ4n) is 3.72. The maximum Gasteiger partial charge on any atom is 0.275 e. The molecule has 0 aliphatic carbocycles. The molecule has 0 unspecified atom stereocenters. The number of piperazine rings is 1. The van der Waals surface area contributed by atoms with Crippen molar-refractivity contribution in [3.05, 3.63) is 71.8 Å². The number of nitrogens with one attached hydrogen (secondary N) is 2. The highest BCUT2D eigenvalue weighted by Crippen LogP contribution is 2.17. The largest absolute Gasteiger partial charge is 0.351 e. The van der Waals surface area contributed by atoms with Crippen LogP contribution in [0.15, 0.2) is 60.7 Å². The second-order valence-corrected chi connectivity index (χ2v) is 7.40. The molecule has 2 aromatic rings. The average molecular weight is 381 g/mol. The molecule has 28 heavy (non-hydrogen) atoms. The van der Waals surface area contributed by atoms with Gasteiger partial charge in [0.25, 0.3) is 11.8 Å². The van der Waals surface area contributed by atoms with E-state index in [1.165, 1.54) is 10.5 Å². The van der Waals surface area contributed by atoms with E-state index in [1.807, 2.05) is 53.4 Å². The van der Waals surface area contributed by atoms with Crippen molar-refractivity contribution < 1.29 is 14.5 Å². The first kappa shape index (κ1) is 20.1. The van der Waals surface area contributed by atoms with E-state index in [4.69, 9.17) is 0 Å². The van der Waals surface area contributed by atoms with Gasteiger partial charge in [-0.3, -0.25) is 9.59 Å². The SMILES string of the molecule is CC[C@H](CNC(=O)C[NH+]1CCN(C(=O)c2ccccc2)CC1)c1ccccc1. The zero-order valence-electron chi connectivity index (χ0n) is 16.6. The number of amides is 2. The Morgan fingerprint density at radius 2 is 1.61 bits per heavy atom. The topological polar surface area (TPSA) is 53.9 Å². The van der Waals surface area contributed by atoms with Gasteiger partial charge in [-0.25, -0.2) is 0 Å². The molecule has 3 rings (SSSR count). The first-order valence-corrected chi connectivity index (χ1v) is 10.2. The predicted molar refractivity (Wildman–Crippen MR) is 110 cm³/mol. The van der Waals surface area contributed by atoms with E-state index in [2.05, 4.69) is 24.4 Å². The Labute approximate surface area is 167 Å². The Kier molecular flexibility index (Phi) is 7.20. The minimum Gasteiger partial charge on any atom is -0.351 e. The third-order valence-electron chi connectivity index (χ3n) is 5.50. The van der Waals surface area contributed by atoms with Crippen LogP contribution >= 0.6 is 0 Å². The lowest BCUT2D eigenvalue weighted by Crippen LogP contribution is -3.15. The number of hydrogen-bond donors (Lipinski definition) is 2. The van der Waals surface area contributed by atoms with Gasteiger partial charge < -0.3 is 15.1 Å². The van der Waals surface area contributed by atoms with Gasteiger partial charge in [0.15, 0.2) is 6.54 Å². The molecule has 1 fully saturated rings. The standard InChI is InChI=1S/C23H29N3O2/c1-2-19(20-9-5-3-6-10-20)17-24-22(27)18-25-13-15-26(16-14-25)23(28)21-11-7-4-8-12-21/h3-12,19H,2,13-18H2,1H3,(H,24,27)/p+1/t19-/m1/s1. The molecule has 1 aliphatic rings. The number of rotatable bonds is 7. The molecule has 1 saturated heterocycles. The van der Waals surface area contributed by atoms with E-state index in [1.54, 1.807) is 0 Å². The molecule has 5 heteroatoms. The molecule has 2 N–H and O–H groups in total. The van der Waals surface area contributed by atoms with Crippen LogP contribution in [0.3, 0.4) is 0 Å². The molecule has 0 spiro atoms. The average Bonchev–Trinajstić information content (AvgIpc) is 2.75. The van der Waals surface area contributed by atoms with Gasteiger partial charge in [-0.05, 0) is 24.1 Å². The van der Waals surface area contributed by atoms with Crippen molar-refractivity contribution >= 4 is 11.8 Å². The van der Waals surface area contributed by atoms with Gasteiger partial charge in [-0.1, -0.05) is 55.5 Å². The first-order chi connectivity index (χ1) is 13.7. The molecule has 148 valence electrons. The fourth-order valence-corrected chi connectivity index (χ4v) is 3.72. The van der Waals surface area contributed by atoms with Gasteiger partial charge in [0.1, 0.15) is 0 Å². The zero-order chi connectivity index (χ0) is 19.8. The van der Waals surface area contributed by atoms with Crippen LogP contribution < -0.4 is 10.2 Å². The Bertz CT molecular complexity index is 756. The summed E-state index contributed by atoms with van der Waals surface area (Å²) in [5, 5.41) is 3.10. The van der Waals surface area contributed by atoms with Crippen LogP contribution in [0.2, 0.25) is 0 Å². The number of benzene rings is 2. The fraction of sp³-hybridized carbons (Fsp3) is 0.391. The summed E-state index contributed by atoms with van der Waals surface area (Å²) in [5.41, 5.74) is 2.00. The molecule has 0 radical (unpaired) electrons. The summed E-state index contributed by atoms with van der Waals surface area (Å²) in [6.07, 6.45) is 0.997. The number of nitrogens with zero attached hydrogens (tertiary/aromatic N) is 1. The van der Waals surface area contributed by atoms with Crippen LogP contribution in [-0.2, 0) is 4.79 Å². The van der Waals surface area contributed by atoms with E-state index in [0.717, 1.165) is 25.1 Å². The molecule has 1 atom stereocenters. The van der Waals surface area contributed by atoms with E-state index >= 15 is 0 Å². The number of carbonyl (C=O) groups excluding carboxylic acids is 2. The molecule has 0 bridgehead atoms. The molecule has 1 heterocycles. The van der Waals surface area contributed by atoms with Crippen molar-refractivity contribution in [1.29, 1.82) is 0 Å². The van der Waals surface area contributed by atoms with Crippen LogP contribution in [0.25, 0.3) is 0 Å². The van der Waals surface area contributed by atoms with Gasteiger partial charge in [0.2, 0.25) is 0 Å². The van der Waals surface area contributed by atoms with Gasteiger partial charge in [-0.2, -0.15) is 0 Å². The number of hydrogen-bond acceptors (Lipinski definition) is 2. The minimum absolute atomic E-state index is 0.0813. The van der Waals surface area contributed by atoms with Crippen molar-refractivity contribution in [2.45, 2.75) is 19.3 Å². The first-order valence-electron chi connectivity index (χ1n) is 10.2. The van der Waals surface area contributed by atoms with Crippen molar-refractivity contribution in [2.75, 3.05) is 39.3 Å². The van der Waals surface area contributed by atoms with E-state index in [0.29, 0.717) is 32.1 Å². The van der Waals surface area contributed by atoms with E-state index in [-0.39, 0.29) is 11.8 Å². The summed E-state index contributed by atoms with van der Waals surface area (Å²) >= 11 is 0. The minimum atomic E-state index is 0.0813. The molecule has 2 amide bonds. The number of quaternary nitrogens is 1. The molecule has 0 saturated carbocycles. The lowest BCUT2D eigenvalue weighted by molar-refractivity contribution is -0.896. The lowest BCUT2D eigenvalue weighted by Gasteiger charge is -2.32. The summed E-state index contributed by atoms with van der Waals surface area (Å²) in [7, 11) is 0. The van der Waals surface area contributed by atoms with Crippen LogP contribution in [0.5, 0.6) is 0 Å². The van der Waals surface area contributed by atoms with Gasteiger partial charge in [-0.15, -0.1) is 0 Å². The third kappa shape index (κ3) is 5.42. The Hall–Kier alpha value is -2.66. The highest BCUT2D eigenvalue weighted by atomic mass is 16.2. The summed E-state index contributed by atoms with van der Waals surface area (Å²) < 4.78 is 0. The normalized spacial score (nSPS) is 15.8. The second kappa shape index (κ2) is 10.0. The van der Waals surface area contributed by atoms with Crippen LogP contribution in [0.1, 0.15) is 35.2 Å². The predicted octanol–water partition coefficient (Wildman–Crippen LogP) is 1.34. The summed E-state index contributed by atoms with van der Waals surface area (Å²) in [6.45, 7) is 6.29. The molecule has 2 aromatic carbocycles. The molecule has 1 aliphatic heterocycles. The van der Waals surface area contributed by atoms with Crippen molar-refractivity contribution in [3.8, 4) is 0 Å². The third-order valence-corrected chi connectivity index (χ3v) is 5.50. The zero-order valence-corrected chi connectivity index (χ0v) is 16.6. The summed E-state index contributed by atoms with van der Waals surface area (Å²) in [6, 6.07) is 19.7. The van der Waals surface area contributed by atoms with Gasteiger partial charge in [0.05, 0.1) is 26.2 Å². The summed E-state index contributed by atoms with van der Waals surface area (Å²) in [5.74, 6) is 0.519. The maximum atomic E-state index is 12.5. The van der Waals surface area contributed by atoms with Crippen LogP contribution in [0, 0.1) is 0 Å². The Balaban J connectivity index is 1.42. The lowest BCUT2D eigenvalue weighted by atomic mass is 9.96. The highest BCUT2D eigenvalue weighted by molar-refractivity contribution is 5.94. The monoisotopic (exact) mass is 380 g/mol. The Morgan fingerprint density at radius 1 is 1.00 bits per heavy atom. The molecule has 0 aromatic heterocycles. The Morgan fingerprint density at radius 3 is 2.21 bits per heavy atom. The molecular weight excluding hydrogens is 350 g/mol. The number of carbonyl (C=O) groups is 2. The van der Waals surface area contributed by atoms with Crippen molar-refractivity contribution in [1.82, 2.24) is 10.2 Å². The molecular formula is C23H30N3O2+. The van der Waals surface area contributed by atoms with Crippen molar-refractivity contribution in [2.24, 2.45) is 0 Å². The van der Waals surface area contributed by atoms with Crippen LogP contribution in [-0.4, -0.2) is 56.0 Å². The van der Waals surface area contributed by atoms with Gasteiger partial charge >= 0.3 is 0 Å². The van der Waals surface area contributed by atoms with E-state index < -0.39 is 0 Å². The smallest absolute Gasteiger partial charge is 0.275 e. The highest BCUT2D eigenvalue weighted by Gasteiger charge is 2.26. The van der Waals surface area contributed by atoms with E-state index in [9.17, 15) is 9.59 Å². The summed E-state index contributed by atoms with van der Waals surface area (Å²) in [4.78, 5) is 28.0. The van der Waals surface area contributed by atoms with Gasteiger partial charge in [0, 0.05) is 18.0 Å².